The second-order valence-corrected chi connectivity index (χ2v) is 10.3. The Bertz CT molecular complexity index is 1340. The lowest BCUT2D eigenvalue weighted by molar-refractivity contribution is -0.128. The van der Waals surface area contributed by atoms with Crippen molar-refractivity contribution in [3.63, 3.8) is 0 Å². The third-order valence-corrected chi connectivity index (χ3v) is 7.24. The number of aromatic nitrogens is 1. The van der Waals surface area contributed by atoms with Gasteiger partial charge in [0.1, 0.15) is 11.8 Å². The van der Waals surface area contributed by atoms with Crippen LogP contribution in [0.5, 0.6) is 11.5 Å². The van der Waals surface area contributed by atoms with Crippen LogP contribution in [0.25, 0.3) is 10.9 Å². The first-order valence-electron chi connectivity index (χ1n) is 12.8. The molecular formula is C28H33FN4O4. The molecule has 0 saturated carbocycles. The number of amides is 3. The largest absolute Gasteiger partial charge is 0.508 e. The Morgan fingerprint density at radius 1 is 1.24 bits per heavy atom. The molecule has 37 heavy (non-hydrogen) atoms. The zero-order valence-corrected chi connectivity index (χ0v) is 21.4. The number of aromatic amines is 1. The van der Waals surface area contributed by atoms with Crippen LogP contribution < -0.4 is 10.1 Å². The summed E-state index contributed by atoms with van der Waals surface area (Å²) in [7, 11) is 1.42. The molecule has 1 saturated heterocycles. The summed E-state index contributed by atoms with van der Waals surface area (Å²) in [6.07, 6.45) is 1.41. The first-order chi connectivity index (χ1) is 17.8. The molecule has 196 valence electrons. The topological polar surface area (TPSA) is 97.9 Å². The number of nitrogens with zero attached hydrogens (tertiary/aromatic N) is 2. The molecule has 3 N–H and O–H groups in total. The third kappa shape index (κ3) is 4.64. The van der Waals surface area contributed by atoms with Gasteiger partial charge in [-0.05, 0) is 61.2 Å². The predicted octanol–water partition coefficient (Wildman–Crippen LogP) is 4.13. The minimum Gasteiger partial charge on any atom is -0.508 e. The Kier molecular flexibility index (Phi) is 6.81. The molecule has 9 heteroatoms. The quantitative estimate of drug-likeness (QED) is 0.298. The van der Waals surface area contributed by atoms with E-state index in [-0.39, 0.29) is 23.4 Å². The number of rotatable bonds is 9. The van der Waals surface area contributed by atoms with Crippen LogP contribution in [-0.4, -0.2) is 64.6 Å². The van der Waals surface area contributed by atoms with Crippen molar-refractivity contribution in [3.05, 3.63) is 59.0 Å². The van der Waals surface area contributed by atoms with Crippen molar-refractivity contribution >= 4 is 22.8 Å². The molecule has 0 bridgehead atoms. The maximum atomic E-state index is 14.5. The van der Waals surface area contributed by atoms with E-state index < -0.39 is 17.9 Å². The summed E-state index contributed by atoms with van der Waals surface area (Å²) in [5.74, 6) is 0.100. The molecule has 2 atom stereocenters. The molecule has 2 aliphatic rings. The third-order valence-electron chi connectivity index (χ3n) is 7.24. The van der Waals surface area contributed by atoms with Crippen LogP contribution in [0.1, 0.15) is 43.1 Å². The van der Waals surface area contributed by atoms with Crippen LogP contribution >= 0.6 is 0 Å². The molecular weight excluding hydrogens is 475 g/mol. The number of carbonyl (C=O) groups excluding carboxylic acids is 2. The smallest absolute Gasteiger partial charge is 0.328 e. The molecule has 2 aliphatic heterocycles. The van der Waals surface area contributed by atoms with Crippen LogP contribution in [0.15, 0.2) is 36.4 Å². The second kappa shape index (κ2) is 10.0. The maximum absolute atomic E-state index is 14.5. The molecule has 2 aromatic carbocycles. The summed E-state index contributed by atoms with van der Waals surface area (Å²) in [6, 6.07) is 8.52. The summed E-state index contributed by atoms with van der Waals surface area (Å²) in [5.41, 5.74) is 3.10. The second-order valence-electron chi connectivity index (χ2n) is 10.3. The highest BCUT2D eigenvalue weighted by Gasteiger charge is 2.51. The van der Waals surface area contributed by atoms with E-state index in [1.165, 1.54) is 18.1 Å². The van der Waals surface area contributed by atoms with Crippen molar-refractivity contribution in [2.75, 3.05) is 26.7 Å². The van der Waals surface area contributed by atoms with E-state index in [2.05, 4.69) is 24.1 Å². The number of aromatic hydroxyl groups is 1. The highest BCUT2D eigenvalue weighted by molar-refractivity contribution is 6.05. The van der Waals surface area contributed by atoms with E-state index in [1.807, 2.05) is 6.07 Å². The van der Waals surface area contributed by atoms with E-state index in [4.69, 9.17) is 4.74 Å². The number of halogens is 1. The number of hydrogen-bond donors (Lipinski definition) is 3. The van der Waals surface area contributed by atoms with Gasteiger partial charge in [0.25, 0.3) is 5.91 Å². The van der Waals surface area contributed by atoms with Crippen molar-refractivity contribution in [3.8, 4) is 11.5 Å². The van der Waals surface area contributed by atoms with Crippen molar-refractivity contribution in [1.29, 1.82) is 0 Å². The van der Waals surface area contributed by atoms with E-state index in [1.54, 1.807) is 29.2 Å². The molecule has 0 aliphatic carbocycles. The van der Waals surface area contributed by atoms with Crippen molar-refractivity contribution < 1.29 is 23.8 Å². The van der Waals surface area contributed by atoms with Gasteiger partial charge >= 0.3 is 6.03 Å². The van der Waals surface area contributed by atoms with E-state index in [9.17, 15) is 19.1 Å². The van der Waals surface area contributed by atoms with E-state index in [0.29, 0.717) is 37.2 Å². The summed E-state index contributed by atoms with van der Waals surface area (Å²) in [5, 5.41) is 14.2. The van der Waals surface area contributed by atoms with Crippen LogP contribution in [0.4, 0.5) is 9.18 Å². The summed E-state index contributed by atoms with van der Waals surface area (Å²) in [6.45, 7) is 6.22. The normalized spacial score (nSPS) is 19.2. The number of carbonyl (C=O) groups is 2. The fraction of sp³-hybridized carbons (Fsp3) is 0.429. The number of hydrogen-bond acceptors (Lipinski definition) is 5. The number of imide groups is 1. The Morgan fingerprint density at radius 3 is 2.78 bits per heavy atom. The number of fused-ring (bicyclic) bond motifs is 4. The lowest BCUT2D eigenvalue weighted by Crippen LogP contribution is -2.44. The van der Waals surface area contributed by atoms with Gasteiger partial charge in [0.15, 0.2) is 11.6 Å². The minimum atomic E-state index is -0.638. The molecule has 1 aromatic heterocycles. The van der Waals surface area contributed by atoms with Gasteiger partial charge in [0, 0.05) is 35.6 Å². The fourth-order valence-corrected chi connectivity index (χ4v) is 5.53. The first-order valence-corrected chi connectivity index (χ1v) is 12.8. The van der Waals surface area contributed by atoms with Gasteiger partial charge in [0.2, 0.25) is 0 Å². The fourth-order valence-electron chi connectivity index (χ4n) is 5.53. The average molecular weight is 509 g/mol. The number of phenolic OH excluding ortho intramolecular Hbond substituents is 1. The van der Waals surface area contributed by atoms with Crippen LogP contribution in [0.3, 0.4) is 0 Å². The van der Waals surface area contributed by atoms with Gasteiger partial charge in [-0.1, -0.05) is 26.0 Å². The van der Waals surface area contributed by atoms with Gasteiger partial charge < -0.3 is 25.0 Å². The Balaban J connectivity index is 1.50. The monoisotopic (exact) mass is 508 g/mol. The summed E-state index contributed by atoms with van der Waals surface area (Å²) >= 11 is 0. The number of benzene rings is 2. The van der Waals surface area contributed by atoms with Crippen LogP contribution in [-0.2, 0) is 17.6 Å². The SMILES string of the molecule is COc1cc2c3c([nH]c2cc1F)C(Cc1cccc(O)c1)N1C(=O)N(CCCNCC(C)C)C(=O)[C@@H]1C3. The summed E-state index contributed by atoms with van der Waals surface area (Å²) in [4.78, 5) is 33.5. The number of urea groups is 1. The van der Waals surface area contributed by atoms with Crippen molar-refractivity contribution in [2.45, 2.75) is 45.2 Å². The van der Waals surface area contributed by atoms with Gasteiger partial charge in [0.05, 0.1) is 13.2 Å². The minimum absolute atomic E-state index is 0.130. The zero-order chi connectivity index (χ0) is 26.3. The summed E-state index contributed by atoms with van der Waals surface area (Å²) < 4.78 is 19.7. The van der Waals surface area contributed by atoms with Crippen molar-refractivity contribution in [2.24, 2.45) is 5.92 Å². The lowest BCUT2D eigenvalue weighted by Gasteiger charge is -2.36. The maximum Gasteiger partial charge on any atom is 0.328 e. The highest BCUT2D eigenvalue weighted by Crippen LogP contribution is 2.43. The van der Waals surface area contributed by atoms with Crippen LogP contribution in [0, 0.1) is 11.7 Å². The standard InChI is InChI=1S/C28H33FN4O4/c1-16(2)15-30-8-5-9-32-27(35)24-12-20-19-13-25(37-3)21(29)14-22(19)31-26(20)23(33(24)28(32)36)11-17-6-4-7-18(34)10-17/h4,6-7,10,13-14,16,23-24,30-31,34H,5,8-9,11-12,15H2,1-3H3/t23?,24-/m0/s1. The van der Waals surface area contributed by atoms with Crippen LogP contribution in [0.2, 0.25) is 0 Å². The van der Waals surface area contributed by atoms with E-state index in [0.717, 1.165) is 35.3 Å². The highest BCUT2D eigenvalue weighted by atomic mass is 19.1. The molecule has 3 heterocycles. The van der Waals surface area contributed by atoms with Crippen molar-refractivity contribution in [1.82, 2.24) is 20.1 Å². The molecule has 3 amide bonds. The molecule has 0 radical (unpaired) electrons. The average Bonchev–Trinajstić information content (AvgIpc) is 3.32. The number of ether oxygens (including phenoxy) is 1. The number of H-pyrrole nitrogens is 1. The number of methoxy groups -OCH3 is 1. The zero-order valence-electron chi connectivity index (χ0n) is 21.4. The van der Waals surface area contributed by atoms with Gasteiger partial charge in [-0.2, -0.15) is 0 Å². The molecule has 3 aromatic rings. The van der Waals surface area contributed by atoms with E-state index >= 15 is 0 Å². The molecule has 0 spiro atoms. The molecule has 8 nitrogen and oxygen atoms in total. The Hall–Kier alpha value is -3.59. The van der Waals surface area contributed by atoms with Gasteiger partial charge in [-0.3, -0.25) is 9.69 Å². The lowest BCUT2D eigenvalue weighted by atomic mass is 9.89. The molecule has 5 rings (SSSR count). The number of nitrogens with one attached hydrogen (secondary N) is 2. The molecule has 1 fully saturated rings. The van der Waals surface area contributed by atoms with Gasteiger partial charge in [-0.15, -0.1) is 0 Å². The molecule has 1 unspecified atom stereocenters. The first kappa shape index (κ1) is 25.1. The predicted molar refractivity (Wildman–Crippen MR) is 138 cm³/mol. The number of phenols is 1. The Morgan fingerprint density at radius 2 is 2.05 bits per heavy atom. The van der Waals surface area contributed by atoms with Gasteiger partial charge in [-0.25, -0.2) is 9.18 Å². The Labute approximate surface area is 215 Å².